The number of halogens is 1. The Morgan fingerprint density at radius 3 is 2.88 bits per heavy atom. The first-order chi connectivity index (χ1) is 15.7. The fourth-order valence-corrected chi connectivity index (χ4v) is 4.11. The van der Waals surface area contributed by atoms with E-state index in [0.717, 1.165) is 39.3 Å². The molecular weight excluding hydrogens is 426 g/mol. The maximum Gasteiger partial charge on any atom is 0.254 e. The van der Waals surface area contributed by atoms with Gasteiger partial charge in [-0.2, -0.15) is 5.10 Å². The number of morpholine rings is 1. The lowest BCUT2D eigenvalue weighted by atomic mass is 10.1. The number of amides is 1. The van der Waals surface area contributed by atoms with Crippen LogP contribution >= 0.6 is 11.6 Å². The molecule has 3 heterocycles. The lowest BCUT2D eigenvalue weighted by molar-refractivity contribution is -0.133. The molecule has 1 unspecified atom stereocenters. The van der Waals surface area contributed by atoms with Crippen LogP contribution in [-0.4, -0.2) is 51.8 Å². The van der Waals surface area contributed by atoms with Crippen LogP contribution in [0.1, 0.15) is 5.56 Å². The summed E-state index contributed by atoms with van der Waals surface area (Å²) in [6, 6.07) is 17.3. The van der Waals surface area contributed by atoms with E-state index in [4.69, 9.17) is 16.3 Å². The van der Waals surface area contributed by atoms with Crippen LogP contribution in [0, 0.1) is 0 Å². The molecule has 1 amide bonds. The number of rotatable bonds is 5. The number of nitrogens with zero attached hydrogens (tertiary/aromatic N) is 3. The van der Waals surface area contributed by atoms with E-state index in [-0.39, 0.29) is 5.91 Å². The van der Waals surface area contributed by atoms with Gasteiger partial charge in [0, 0.05) is 53.7 Å². The molecular formula is C24H22ClN5O2. The number of pyridine rings is 1. The van der Waals surface area contributed by atoms with Crippen molar-refractivity contribution >= 4 is 34.1 Å². The summed E-state index contributed by atoms with van der Waals surface area (Å²) in [6.45, 7) is 2.44. The summed E-state index contributed by atoms with van der Waals surface area (Å²) in [5, 5.41) is 12.1. The fraction of sp³-hybridized carbons (Fsp3) is 0.208. The average molecular weight is 448 g/mol. The van der Waals surface area contributed by atoms with Crippen LogP contribution < -0.4 is 5.32 Å². The summed E-state index contributed by atoms with van der Waals surface area (Å²) < 4.78 is 5.76. The molecule has 7 nitrogen and oxygen atoms in total. The van der Waals surface area contributed by atoms with Crippen molar-refractivity contribution in [3.63, 3.8) is 0 Å². The number of anilines is 1. The number of carbonyl (C=O) groups is 1. The van der Waals surface area contributed by atoms with Crippen molar-refractivity contribution in [3.05, 3.63) is 77.6 Å². The van der Waals surface area contributed by atoms with E-state index in [0.29, 0.717) is 25.4 Å². The van der Waals surface area contributed by atoms with Crippen molar-refractivity contribution in [2.45, 2.75) is 12.6 Å². The van der Waals surface area contributed by atoms with Crippen LogP contribution in [0.3, 0.4) is 0 Å². The van der Waals surface area contributed by atoms with Crippen molar-refractivity contribution in [2.75, 3.05) is 25.0 Å². The molecule has 1 atom stereocenters. The standard InChI is InChI=1S/C24H22ClN5O2/c25-20-4-2-1-3-17(20)14-30-11-12-32-22(15-30)24(31)27-18-5-6-21-19(13-18)23(29-28-21)16-7-9-26-10-8-16/h1-10,13,22H,11-12,14-15H2,(H,27,31)(H,28,29). The number of aromatic nitrogens is 3. The van der Waals surface area contributed by atoms with Crippen molar-refractivity contribution < 1.29 is 9.53 Å². The highest BCUT2D eigenvalue weighted by molar-refractivity contribution is 6.31. The summed E-state index contributed by atoms with van der Waals surface area (Å²) in [5.74, 6) is -0.165. The van der Waals surface area contributed by atoms with E-state index in [2.05, 4.69) is 25.4 Å². The third-order valence-electron chi connectivity index (χ3n) is 5.58. The van der Waals surface area contributed by atoms with Crippen molar-refractivity contribution in [2.24, 2.45) is 0 Å². The Balaban J connectivity index is 1.29. The van der Waals surface area contributed by atoms with Gasteiger partial charge >= 0.3 is 0 Å². The number of aromatic amines is 1. The molecule has 162 valence electrons. The van der Waals surface area contributed by atoms with Crippen LogP contribution in [0.4, 0.5) is 5.69 Å². The summed E-state index contributed by atoms with van der Waals surface area (Å²) in [4.78, 5) is 19.2. The SMILES string of the molecule is O=C(Nc1ccc2[nH]nc(-c3ccncc3)c2c1)C1CN(Cc2ccccc2Cl)CCO1. The van der Waals surface area contributed by atoms with Crippen LogP contribution in [0.15, 0.2) is 67.0 Å². The second-order valence-corrected chi connectivity index (χ2v) is 8.15. The number of fused-ring (bicyclic) bond motifs is 1. The highest BCUT2D eigenvalue weighted by atomic mass is 35.5. The number of hydrogen-bond acceptors (Lipinski definition) is 5. The van der Waals surface area contributed by atoms with Gasteiger partial charge in [-0.25, -0.2) is 0 Å². The molecule has 1 fully saturated rings. The Morgan fingerprint density at radius 2 is 2.03 bits per heavy atom. The minimum Gasteiger partial charge on any atom is -0.366 e. The molecule has 8 heteroatoms. The minimum absolute atomic E-state index is 0.165. The zero-order valence-electron chi connectivity index (χ0n) is 17.3. The molecule has 2 N–H and O–H groups in total. The van der Waals surface area contributed by atoms with Crippen molar-refractivity contribution in [3.8, 4) is 11.3 Å². The number of carbonyl (C=O) groups excluding carboxylic acids is 1. The molecule has 0 aliphatic carbocycles. The molecule has 32 heavy (non-hydrogen) atoms. The Morgan fingerprint density at radius 1 is 1.19 bits per heavy atom. The maximum atomic E-state index is 12.9. The maximum absolute atomic E-state index is 12.9. The lowest BCUT2D eigenvalue weighted by Crippen LogP contribution is -2.47. The fourth-order valence-electron chi connectivity index (χ4n) is 3.92. The van der Waals surface area contributed by atoms with Gasteiger partial charge in [-0.1, -0.05) is 29.8 Å². The smallest absolute Gasteiger partial charge is 0.254 e. The van der Waals surface area contributed by atoms with Gasteiger partial charge in [0.15, 0.2) is 0 Å². The van der Waals surface area contributed by atoms with Gasteiger partial charge in [-0.05, 0) is 42.0 Å². The Hall–Kier alpha value is -3.26. The first kappa shape index (κ1) is 20.6. The predicted octanol–water partition coefficient (Wildman–Crippen LogP) is 4.12. The predicted molar refractivity (Wildman–Crippen MR) is 124 cm³/mol. The van der Waals surface area contributed by atoms with E-state index in [1.165, 1.54) is 0 Å². The summed E-state index contributed by atoms with van der Waals surface area (Å²) >= 11 is 6.30. The molecule has 0 spiro atoms. The van der Waals surface area contributed by atoms with Gasteiger partial charge in [0.1, 0.15) is 11.8 Å². The zero-order chi connectivity index (χ0) is 21.9. The van der Waals surface area contributed by atoms with E-state index in [1.54, 1.807) is 12.4 Å². The first-order valence-corrected chi connectivity index (χ1v) is 10.8. The highest BCUT2D eigenvalue weighted by Gasteiger charge is 2.27. The molecule has 1 aliphatic heterocycles. The topological polar surface area (TPSA) is 83.1 Å². The third kappa shape index (κ3) is 4.36. The van der Waals surface area contributed by atoms with E-state index in [1.807, 2.05) is 54.6 Å². The number of benzene rings is 2. The number of H-pyrrole nitrogens is 1. The Kier molecular flexibility index (Phi) is 5.85. The van der Waals surface area contributed by atoms with Gasteiger partial charge in [-0.3, -0.25) is 19.8 Å². The van der Waals surface area contributed by atoms with E-state index >= 15 is 0 Å². The molecule has 4 aromatic rings. The molecule has 0 bridgehead atoms. The van der Waals surface area contributed by atoms with Crippen LogP contribution in [-0.2, 0) is 16.1 Å². The molecule has 2 aromatic heterocycles. The molecule has 5 rings (SSSR count). The molecule has 0 saturated carbocycles. The summed E-state index contributed by atoms with van der Waals surface area (Å²) in [7, 11) is 0. The number of nitrogens with one attached hydrogen (secondary N) is 2. The second-order valence-electron chi connectivity index (χ2n) is 7.74. The van der Waals surface area contributed by atoms with Crippen LogP contribution in [0.2, 0.25) is 5.02 Å². The quantitative estimate of drug-likeness (QED) is 0.481. The third-order valence-corrected chi connectivity index (χ3v) is 5.95. The van der Waals surface area contributed by atoms with E-state index in [9.17, 15) is 4.79 Å². The largest absolute Gasteiger partial charge is 0.366 e. The molecule has 2 aromatic carbocycles. The van der Waals surface area contributed by atoms with E-state index < -0.39 is 6.10 Å². The lowest BCUT2D eigenvalue weighted by Gasteiger charge is -2.32. The molecule has 1 aliphatic rings. The molecule has 0 radical (unpaired) electrons. The van der Waals surface area contributed by atoms with Gasteiger partial charge in [0.05, 0.1) is 12.1 Å². The Bertz CT molecular complexity index is 1240. The van der Waals surface area contributed by atoms with Gasteiger partial charge < -0.3 is 10.1 Å². The normalized spacial score (nSPS) is 16.8. The first-order valence-electron chi connectivity index (χ1n) is 10.4. The zero-order valence-corrected chi connectivity index (χ0v) is 18.0. The molecule has 1 saturated heterocycles. The minimum atomic E-state index is -0.550. The van der Waals surface area contributed by atoms with Gasteiger partial charge in [-0.15, -0.1) is 0 Å². The number of hydrogen-bond donors (Lipinski definition) is 2. The van der Waals surface area contributed by atoms with Crippen LogP contribution in [0.5, 0.6) is 0 Å². The number of ether oxygens (including phenoxy) is 1. The highest BCUT2D eigenvalue weighted by Crippen LogP contribution is 2.28. The van der Waals surface area contributed by atoms with Crippen LogP contribution in [0.25, 0.3) is 22.2 Å². The van der Waals surface area contributed by atoms with Gasteiger partial charge in [0.2, 0.25) is 0 Å². The van der Waals surface area contributed by atoms with Crippen molar-refractivity contribution in [1.82, 2.24) is 20.1 Å². The second kappa shape index (κ2) is 9.08. The summed E-state index contributed by atoms with van der Waals surface area (Å²) in [6.07, 6.45) is 2.91. The summed E-state index contributed by atoms with van der Waals surface area (Å²) in [5.41, 5.74) is 4.42. The monoisotopic (exact) mass is 447 g/mol. The van der Waals surface area contributed by atoms with Gasteiger partial charge in [0.25, 0.3) is 5.91 Å². The average Bonchev–Trinajstić information content (AvgIpc) is 3.25. The van der Waals surface area contributed by atoms with Crippen molar-refractivity contribution in [1.29, 1.82) is 0 Å². The Labute approximate surface area is 190 Å².